The number of Topliss-reactive ketones (excluding diaryl/α,β-unsaturated/α-hetero) is 1. The normalized spacial score (nSPS) is 37.8. The third-order valence-corrected chi connectivity index (χ3v) is 4.35. The largest absolute Gasteiger partial charge is 0.468 e. The van der Waals surface area contributed by atoms with Gasteiger partial charge in [0.2, 0.25) is 0 Å². The fourth-order valence-corrected chi connectivity index (χ4v) is 3.09. The smallest absolute Gasteiger partial charge is 0.316 e. The molecule has 1 unspecified atom stereocenters. The first-order valence-electron chi connectivity index (χ1n) is 5.59. The molecule has 0 spiro atoms. The van der Waals surface area contributed by atoms with Crippen molar-refractivity contribution in [3.63, 3.8) is 0 Å². The molecule has 15 heavy (non-hydrogen) atoms. The number of ether oxygens (including phenoxy) is 1. The summed E-state index contributed by atoms with van der Waals surface area (Å²) in [7, 11) is 1.35. The van der Waals surface area contributed by atoms with Gasteiger partial charge in [-0.2, -0.15) is 0 Å². The standard InChI is InChI=1S/C12H18O3/c1-12(2)8-5-4-7(11(14)15-3)10(13)6-9(8)12/h7-9H,4-6H2,1-3H3/t7?,8-,9+/m1/s1. The van der Waals surface area contributed by atoms with Gasteiger partial charge in [0.15, 0.2) is 0 Å². The molecular weight excluding hydrogens is 192 g/mol. The number of carbonyl (C=O) groups excluding carboxylic acids is 2. The van der Waals surface area contributed by atoms with Crippen LogP contribution in [0.4, 0.5) is 0 Å². The second-order valence-electron chi connectivity index (χ2n) is 5.36. The molecule has 0 N–H and O–H groups in total. The van der Waals surface area contributed by atoms with E-state index >= 15 is 0 Å². The zero-order valence-electron chi connectivity index (χ0n) is 9.58. The van der Waals surface area contributed by atoms with Gasteiger partial charge < -0.3 is 4.74 Å². The first-order chi connectivity index (χ1) is 6.98. The summed E-state index contributed by atoms with van der Waals surface area (Å²) in [5, 5.41) is 0. The second kappa shape index (κ2) is 3.32. The summed E-state index contributed by atoms with van der Waals surface area (Å²) in [6.45, 7) is 4.43. The highest BCUT2D eigenvalue weighted by Gasteiger charge is 2.59. The Bertz CT molecular complexity index is 306. The summed E-state index contributed by atoms with van der Waals surface area (Å²) in [6.07, 6.45) is 2.23. The third kappa shape index (κ3) is 1.58. The third-order valence-electron chi connectivity index (χ3n) is 4.35. The predicted octanol–water partition coefficient (Wildman–Crippen LogP) is 1.80. The molecule has 0 radical (unpaired) electrons. The Hall–Kier alpha value is -0.860. The molecule has 84 valence electrons. The maximum atomic E-state index is 11.8. The van der Waals surface area contributed by atoms with Crippen LogP contribution in [0.5, 0.6) is 0 Å². The summed E-state index contributed by atoms with van der Waals surface area (Å²) in [5.74, 6) is 0.383. The number of hydrogen-bond donors (Lipinski definition) is 0. The molecule has 0 aromatic carbocycles. The van der Waals surface area contributed by atoms with E-state index in [0.717, 1.165) is 6.42 Å². The lowest BCUT2D eigenvalue weighted by Gasteiger charge is -2.13. The highest BCUT2D eigenvalue weighted by atomic mass is 16.5. The Morgan fingerprint density at radius 1 is 1.33 bits per heavy atom. The maximum Gasteiger partial charge on any atom is 0.316 e. The predicted molar refractivity (Wildman–Crippen MR) is 55.1 cm³/mol. The van der Waals surface area contributed by atoms with Crippen molar-refractivity contribution in [3.8, 4) is 0 Å². The number of rotatable bonds is 1. The van der Waals surface area contributed by atoms with Gasteiger partial charge >= 0.3 is 5.97 Å². The SMILES string of the molecule is COC(=O)C1CC[C@@H]2[C@H](CC1=O)C2(C)C. The van der Waals surface area contributed by atoms with E-state index < -0.39 is 5.92 Å². The average molecular weight is 210 g/mol. The van der Waals surface area contributed by atoms with E-state index in [1.165, 1.54) is 7.11 Å². The van der Waals surface area contributed by atoms with E-state index in [9.17, 15) is 9.59 Å². The fourth-order valence-electron chi connectivity index (χ4n) is 3.09. The summed E-state index contributed by atoms with van der Waals surface area (Å²) in [5.41, 5.74) is 0.316. The van der Waals surface area contributed by atoms with Crippen LogP contribution < -0.4 is 0 Å². The molecule has 0 aromatic rings. The number of fused-ring (bicyclic) bond motifs is 1. The van der Waals surface area contributed by atoms with Gasteiger partial charge in [0, 0.05) is 6.42 Å². The van der Waals surface area contributed by atoms with Crippen molar-refractivity contribution in [2.45, 2.75) is 33.1 Å². The molecular formula is C12H18O3. The molecule has 0 amide bonds. The Labute approximate surface area is 90.2 Å². The van der Waals surface area contributed by atoms with E-state index in [4.69, 9.17) is 0 Å². The van der Waals surface area contributed by atoms with Gasteiger partial charge in [-0.15, -0.1) is 0 Å². The van der Waals surface area contributed by atoms with E-state index in [1.54, 1.807) is 0 Å². The van der Waals surface area contributed by atoms with Crippen molar-refractivity contribution in [3.05, 3.63) is 0 Å². The molecule has 2 fully saturated rings. The van der Waals surface area contributed by atoms with Crippen LogP contribution in [0.1, 0.15) is 33.1 Å². The van der Waals surface area contributed by atoms with Gasteiger partial charge in [-0.3, -0.25) is 9.59 Å². The molecule has 2 rings (SSSR count). The van der Waals surface area contributed by atoms with Crippen LogP contribution in [0.15, 0.2) is 0 Å². The van der Waals surface area contributed by atoms with Crippen LogP contribution in [-0.4, -0.2) is 18.9 Å². The maximum absolute atomic E-state index is 11.8. The van der Waals surface area contributed by atoms with Crippen LogP contribution in [0.2, 0.25) is 0 Å². The molecule has 0 aromatic heterocycles. The van der Waals surface area contributed by atoms with E-state index in [1.807, 2.05) is 0 Å². The number of methoxy groups -OCH3 is 1. The molecule has 0 saturated heterocycles. The highest BCUT2D eigenvalue weighted by molar-refractivity contribution is 5.99. The topological polar surface area (TPSA) is 43.4 Å². The van der Waals surface area contributed by atoms with E-state index in [0.29, 0.717) is 30.1 Å². The molecule has 3 heteroatoms. The van der Waals surface area contributed by atoms with Crippen molar-refractivity contribution < 1.29 is 14.3 Å². The van der Waals surface area contributed by atoms with Crippen LogP contribution in [0, 0.1) is 23.2 Å². The lowest BCUT2D eigenvalue weighted by Crippen LogP contribution is -2.25. The molecule has 0 aliphatic heterocycles. The van der Waals surface area contributed by atoms with Crippen LogP contribution in [-0.2, 0) is 14.3 Å². The van der Waals surface area contributed by atoms with E-state index in [-0.39, 0.29) is 11.8 Å². The van der Waals surface area contributed by atoms with Crippen LogP contribution in [0.25, 0.3) is 0 Å². The minimum absolute atomic E-state index is 0.0833. The Balaban J connectivity index is 2.06. The lowest BCUT2D eigenvalue weighted by molar-refractivity contribution is -0.149. The summed E-state index contributed by atoms with van der Waals surface area (Å²) >= 11 is 0. The van der Waals surface area contributed by atoms with Gasteiger partial charge in [0.05, 0.1) is 7.11 Å². The zero-order valence-corrected chi connectivity index (χ0v) is 9.58. The van der Waals surface area contributed by atoms with Gasteiger partial charge in [-0.25, -0.2) is 0 Å². The molecule has 3 atom stereocenters. The molecule has 3 nitrogen and oxygen atoms in total. The van der Waals surface area contributed by atoms with Gasteiger partial charge in [0.25, 0.3) is 0 Å². The van der Waals surface area contributed by atoms with Gasteiger partial charge in [0.1, 0.15) is 11.7 Å². The Kier molecular flexibility index (Phi) is 2.36. The summed E-state index contributed by atoms with van der Waals surface area (Å²) in [6, 6.07) is 0. The average Bonchev–Trinajstić information content (AvgIpc) is 2.75. The van der Waals surface area contributed by atoms with Gasteiger partial charge in [-0.05, 0) is 30.1 Å². The van der Waals surface area contributed by atoms with Crippen molar-refractivity contribution in [1.82, 2.24) is 0 Å². The van der Waals surface area contributed by atoms with Crippen molar-refractivity contribution >= 4 is 11.8 Å². The molecule has 2 aliphatic rings. The second-order valence-corrected chi connectivity index (χ2v) is 5.36. The highest BCUT2D eigenvalue weighted by Crippen LogP contribution is 2.63. The number of ketones is 1. The Morgan fingerprint density at radius 3 is 2.60 bits per heavy atom. The van der Waals surface area contributed by atoms with E-state index in [2.05, 4.69) is 18.6 Å². The molecule has 0 bridgehead atoms. The number of esters is 1. The van der Waals surface area contributed by atoms with Crippen LogP contribution >= 0.6 is 0 Å². The zero-order chi connectivity index (χ0) is 11.2. The summed E-state index contributed by atoms with van der Waals surface area (Å²) < 4.78 is 4.66. The molecule has 2 saturated carbocycles. The quantitative estimate of drug-likeness (QED) is 0.489. The van der Waals surface area contributed by atoms with Gasteiger partial charge in [-0.1, -0.05) is 13.8 Å². The van der Waals surface area contributed by atoms with Crippen molar-refractivity contribution in [2.75, 3.05) is 7.11 Å². The molecule has 2 aliphatic carbocycles. The fraction of sp³-hybridized carbons (Fsp3) is 0.833. The van der Waals surface area contributed by atoms with Crippen LogP contribution in [0.3, 0.4) is 0 Å². The minimum Gasteiger partial charge on any atom is -0.468 e. The lowest BCUT2D eigenvalue weighted by atomic mass is 9.92. The molecule has 0 heterocycles. The summed E-state index contributed by atoms with van der Waals surface area (Å²) in [4.78, 5) is 23.2. The first kappa shape index (κ1) is 10.7. The van der Waals surface area contributed by atoms with Crippen molar-refractivity contribution in [2.24, 2.45) is 23.2 Å². The van der Waals surface area contributed by atoms with Crippen molar-refractivity contribution in [1.29, 1.82) is 0 Å². The number of carbonyl (C=O) groups is 2. The minimum atomic E-state index is -0.487. The monoisotopic (exact) mass is 210 g/mol. The first-order valence-corrected chi connectivity index (χ1v) is 5.59. The number of hydrogen-bond acceptors (Lipinski definition) is 3. The Morgan fingerprint density at radius 2 is 2.00 bits per heavy atom.